The van der Waals surface area contributed by atoms with Crippen molar-refractivity contribution < 1.29 is 14.3 Å². The molecule has 0 aliphatic carbocycles. The van der Waals surface area contributed by atoms with Crippen LogP contribution in [0.5, 0.6) is 11.5 Å². The fourth-order valence-electron chi connectivity index (χ4n) is 1.34. The lowest BCUT2D eigenvalue weighted by Crippen LogP contribution is -2.47. The molecule has 15 heavy (non-hydrogen) atoms. The topological polar surface area (TPSA) is 35.5 Å². The Morgan fingerprint density at radius 1 is 1.47 bits per heavy atom. The molecule has 0 bridgehead atoms. The standard InChI is InChI=1S/C11H11ClO3/c1-7(13)11(2)6-14-9-4-3-8(12)5-10(9)15-11/h3-5H,6H2,1-2H3. The monoisotopic (exact) mass is 226 g/mol. The molecular formula is C11H11ClO3. The van der Waals surface area contributed by atoms with E-state index in [9.17, 15) is 4.79 Å². The Morgan fingerprint density at radius 3 is 2.87 bits per heavy atom. The summed E-state index contributed by atoms with van der Waals surface area (Å²) in [6.45, 7) is 3.43. The minimum absolute atomic E-state index is 0.0619. The number of carbonyl (C=O) groups is 1. The molecule has 1 aromatic carbocycles. The number of benzene rings is 1. The number of ether oxygens (including phenoxy) is 2. The predicted molar refractivity (Wildman–Crippen MR) is 56.7 cm³/mol. The molecule has 4 heteroatoms. The zero-order valence-corrected chi connectivity index (χ0v) is 9.30. The minimum atomic E-state index is -0.905. The van der Waals surface area contributed by atoms with Crippen LogP contribution in [0, 0.1) is 0 Å². The van der Waals surface area contributed by atoms with Crippen molar-refractivity contribution in [3.05, 3.63) is 23.2 Å². The number of halogens is 1. The first kappa shape index (κ1) is 10.3. The first-order chi connectivity index (χ1) is 7.01. The average molecular weight is 227 g/mol. The third-order valence-electron chi connectivity index (χ3n) is 2.49. The molecule has 0 aromatic heterocycles. The Morgan fingerprint density at radius 2 is 2.20 bits per heavy atom. The van der Waals surface area contributed by atoms with Crippen LogP contribution >= 0.6 is 11.6 Å². The molecular weight excluding hydrogens is 216 g/mol. The summed E-state index contributed by atoms with van der Waals surface area (Å²) in [6, 6.07) is 5.11. The van der Waals surface area contributed by atoms with Crippen LogP contribution in [0.25, 0.3) is 0 Å². The van der Waals surface area contributed by atoms with E-state index in [1.165, 1.54) is 6.92 Å². The summed E-state index contributed by atoms with van der Waals surface area (Å²) in [7, 11) is 0. The second-order valence-corrected chi connectivity index (χ2v) is 4.21. The van der Waals surface area contributed by atoms with Gasteiger partial charge in [0.2, 0.25) is 0 Å². The lowest BCUT2D eigenvalue weighted by atomic mass is 10.0. The van der Waals surface area contributed by atoms with Gasteiger partial charge in [0.1, 0.15) is 6.61 Å². The van der Waals surface area contributed by atoms with Crippen molar-refractivity contribution >= 4 is 17.4 Å². The minimum Gasteiger partial charge on any atom is -0.485 e. The first-order valence-electron chi connectivity index (χ1n) is 4.64. The smallest absolute Gasteiger partial charge is 0.197 e. The van der Waals surface area contributed by atoms with E-state index in [2.05, 4.69) is 0 Å². The highest BCUT2D eigenvalue weighted by molar-refractivity contribution is 6.30. The highest BCUT2D eigenvalue weighted by Crippen LogP contribution is 2.37. The molecule has 3 nitrogen and oxygen atoms in total. The molecule has 1 aliphatic rings. The normalized spacial score (nSPS) is 23.7. The van der Waals surface area contributed by atoms with Crippen LogP contribution in [-0.2, 0) is 4.79 Å². The van der Waals surface area contributed by atoms with Crippen LogP contribution in [0.15, 0.2) is 18.2 Å². The molecule has 1 aromatic rings. The van der Waals surface area contributed by atoms with Crippen molar-refractivity contribution in [2.24, 2.45) is 0 Å². The van der Waals surface area contributed by atoms with E-state index >= 15 is 0 Å². The molecule has 0 amide bonds. The Balaban J connectivity index is 2.37. The van der Waals surface area contributed by atoms with Gasteiger partial charge in [-0.2, -0.15) is 0 Å². The van der Waals surface area contributed by atoms with E-state index < -0.39 is 5.60 Å². The quantitative estimate of drug-likeness (QED) is 0.738. The molecule has 0 spiro atoms. The highest BCUT2D eigenvalue weighted by atomic mass is 35.5. The van der Waals surface area contributed by atoms with E-state index in [-0.39, 0.29) is 12.4 Å². The fourth-order valence-corrected chi connectivity index (χ4v) is 1.50. The third kappa shape index (κ3) is 1.79. The number of hydrogen-bond donors (Lipinski definition) is 0. The maximum atomic E-state index is 11.4. The molecule has 1 atom stereocenters. The zero-order valence-electron chi connectivity index (χ0n) is 8.54. The van der Waals surface area contributed by atoms with E-state index in [0.717, 1.165) is 0 Å². The number of fused-ring (bicyclic) bond motifs is 1. The Hall–Kier alpha value is -1.22. The van der Waals surface area contributed by atoms with Crippen molar-refractivity contribution in [3.63, 3.8) is 0 Å². The molecule has 1 aliphatic heterocycles. The summed E-state index contributed by atoms with van der Waals surface area (Å²) in [5.41, 5.74) is -0.905. The molecule has 0 fully saturated rings. The molecule has 1 unspecified atom stereocenters. The van der Waals surface area contributed by atoms with Gasteiger partial charge in [0, 0.05) is 11.1 Å². The number of carbonyl (C=O) groups excluding carboxylic acids is 1. The molecule has 0 saturated carbocycles. The van der Waals surface area contributed by atoms with Gasteiger partial charge in [0.15, 0.2) is 22.9 Å². The van der Waals surface area contributed by atoms with Gasteiger partial charge >= 0.3 is 0 Å². The summed E-state index contributed by atoms with van der Waals surface area (Å²) in [5, 5.41) is 0.560. The van der Waals surface area contributed by atoms with Crippen molar-refractivity contribution in [2.45, 2.75) is 19.4 Å². The summed E-state index contributed by atoms with van der Waals surface area (Å²) in [5.74, 6) is 1.08. The summed E-state index contributed by atoms with van der Waals surface area (Å²) >= 11 is 5.83. The van der Waals surface area contributed by atoms with Crippen LogP contribution in [-0.4, -0.2) is 18.0 Å². The molecule has 0 N–H and O–H groups in total. The largest absolute Gasteiger partial charge is 0.485 e. The van der Waals surface area contributed by atoms with Gasteiger partial charge in [-0.15, -0.1) is 0 Å². The predicted octanol–water partition coefficient (Wildman–Crippen LogP) is 2.46. The van der Waals surface area contributed by atoms with Gasteiger partial charge in [0.25, 0.3) is 0 Å². The zero-order chi connectivity index (χ0) is 11.1. The number of hydrogen-bond acceptors (Lipinski definition) is 3. The van der Waals surface area contributed by atoms with Crippen LogP contribution in [0.3, 0.4) is 0 Å². The molecule has 0 radical (unpaired) electrons. The van der Waals surface area contributed by atoms with E-state index in [0.29, 0.717) is 16.5 Å². The van der Waals surface area contributed by atoms with Gasteiger partial charge in [-0.25, -0.2) is 0 Å². The second kappa shape index (κ2) is 3.42. The third-order valence-corrected chi connectivity index (χ3v) is 2.72. The molecule has 1 heterocycles. The van der Waals surface area contributed by atoms with Crippen LogP contribution in [0.4, 0.5) is 0 Å². The highest BCUT2D eigenvalue weighted by Gasteiger charge is 2.37. The van der Waals surface area contributed by atoms with E-state index in [1.54, 1.807) is 25.1 Å². The summed E-state index contributed by atoms with van der Waals surface area (Å²) in [4.78, 5) is 11.4. The van der Waals surface area contributed by atoms with Crippen molar-refractivity contribution in [1.82, 2.24) is 0 Å². The lowest BCUT2D eigenvalue weighted by molar-refractivity contribution is -0.135. The van der Waals surface area contributed by atoms with Crippen LogP contribution in [0.1, 0.15) is 13.8 Å². The maximum Gasteiger partial charge on any atom is 0.197 e. The Kier molecular flexibility index (Phi) is 2.35. The van der Waals surface area contributed by atoms with E-state index in [1.807, 2.05) is 0 Å². The van der Waals surface area contributed by atoms with Crippen LogP contribution < -0.4 is 9.47 Å². The van der Waals surface area contributed by atoms with Gasteiger partial charge in [-0.05, 0) is 26.0 Å². The number of rotatable bonds is 1. The molecule has 80 valence electrons. The Bertz CT molecular complexity index is 416. The number of Topliss-reactive ketones (excluding diaryl/α,β-unsaturated/α-hetero) is 1. The van der Waals surface area contributed by atoms with Gasteiger partial charge in [0.05, 0.1) is 0 Å². The SMILES string of the molecule is CC(=O)C1(C)COc2ccc(Cl)cc2O1. The van der Waals surface area contributed by atoms with Crippen LogP contribution in [0.2, 0.25) is 5.02 Å². The second-order valence-electron chi connectivity index (χ2n) is 3.77. The first-order valence-corrected chi connectivity index (χ1v) is 5.01. The van der Waals surface area contributed by atoms with Crippen molar-refractivity contribution in [1.29, 1.82) is 0 Å². The Labute approximate surface area is 92.9 Å². The van der Waals surface area contributed by atoms with Gasteiger partial charge in [-0.1, -0.05) is 11.6 Å². The summed E-state index contributed by atoms with van der Waals surface area (Å²) < 4.78 is 11.1. The van der Waals surface area contributed by atoms with Gasteiger partial charge in [-0.3, -0.25) is 4.79 Å². The molecule has 0 saturated heterocycles. The average Bonchev–Trinajstić information content (AvgIpc) is 2.16. The lowest BCUT2D eigenvalue weighted by Gasteiger charge is -2.33. The van der Waals surface area contributed by atoms with Gasteiger partial charge < -0.3 is 9.47 Å². The maximum absolute atomic E-state index is 11.4. The van der Waals surface area contributed by atoms with Crippen molar-refractivity contribution in [3.8, 4) is 11.5 Å². The summed E-state index contributed by atoms with van der Waals surface area (Å²) in [6.07, 6.45) is 0. The number of ketones is 1. The van der Waals surface area contributed by atoms with E-state index in [4.69, 9.17) is 21.1 Å². The fraction of sp³-hybridized carbons (Fsp3) is 0.364. The van der Waals surface area contributed by atoms with Crippen molar-refractivity contribution in [2.75, 3.05) is 6.61 Å². The molecule has 2 rings (SSSR count).